The summed E-state index contributed by atoms with van der Waals surface area (Å²) in [5.74, 6) is 1.05. The van der Waals surface area contributed by atoms with Crippen LogP contribution in [0.4, 0.5) is 5.69 Å². The normalized spacial score (nSPS) is 13.1. The lowest BCUT2D eigenvalue weighted by Crippen LogP contribution is -2.32. The first-order valence-corrected chi connectivity index (χ1v) is 10.7. The second-order valence-corrected chi connectivity index (χ2v) is 8.36. The van der Waals surface area contributed by atoms with Crippen molar-refractivity contribution in [1.29, 1.82) is 0 Å². The number of nitrogens with zero attached hydrogens (tertiary/aromatic N) is 2. The first-order chi connectivity index (χ1) is 15.0. The van der Waals surface area contributed by atoms with Crippen LogP contribution in [0.3, 0.4) is 0 Å². The monoisotopic (exact) mass is 416 g/mol. The van der Waals surface area contributed by atoms with E-state index in [9.17, 15) is 9.59 Å². The van der Waals surface area contributed by atoms with Gasteiger partial charge in [0.1, 0.15) is 5.76 Å². The average Bonchev–Trinajstić information content (AvgIpc) is 3.50. The van der Waals surface area contributed by atoms with Crippen LogP contribution >= 0.6 is 0 Å². The Hall–Kier alpha value is -3.34. The largest absolute Gasteiger partial charge is 0.467 e. The van der Waals surface area contributed by atoms with Gasteiger partial charge < -0.3 is 14.2 Å². The standard InChI is InChI=1S/C26H28N2O3/c1-19-8-10-20(11-9-19)17-28(26(30)22-12-13-22)23-6-3-5-21(15-23)16-25(29)27(2)18-24-7-4-14-31-24/h3-11,14-15,22H,12-13,16-18H2,1-2H3. The first-order valence-electron chi connectivity index (χ1n) is 10.7. The van der Waals surface area contributed by atoms with Gasteiger partial charge in [0.05, 0.1) is 25.8 Å². The Morgan fingerprint density at radius 2 is 1.74 bits per heavy atom. The van der Waals surface area contributed by atoms with Crippen LogP contribution in [0, 0.1) is 12.8 Å². The van der Waals surface area contributed by atoms with Gasteiger partial charge in [-0.15, -0.1) is 0 Å². The molecule has 5 nitrogen and oxygen atoms in total. The number of aryl methyl sites for hydroxylation is 1. The SMILES string of the molecule is Cc1ccc(CN(C(=O)C2CC2)c2cccc(CC(=O)N(C)Cc3ccco3)c2)cc1. The van der Waals surface area contributed by atoms with E-state index >= 15 is 0 Å². The number of rotatable bonds is 8. The second kappa shape index (κ2) is 9.21. The van der Waals surface area contributed by atoms with Crippen molar-refractivity contribution in [3.63, 3.8) is 0 Å². The van der Waals surface area contributed by atoms with Gasteiger partial charge in [0.2, 0.25) is 11.8 Å². The van der Waals surface area contributed by atoms with Crippen LogP contribution in [0.2, 0.25) is 0 Å². The Balaban J connectivity index is 1.49. The highest BCUT2D eigenvalue weighted by molar-refractivity contribution is 5.96. The van der Waals surface area contributed by atoms with E-state index in [0.717, 1.165) is 35.4 Å². The summed E-state index contributed by atoms with van der Waals surface area (Å²) in [6.07, 6.45) is 3.80. The van der Waals surface area contributed by atoms with Gasteiger partial charge in [0, 0.05) is 18.7 Å². The molecule has 0 bridgehead atoms. The molecule has 1 aromatic heterocycles. The second-order valence-electron chi connectivity index (χ2n) is 8.36. The highest BCUT2D eigenvalue weighted by Crippen LogP contribution is 2.34. The lowest BCUT2D eigenvalue weighted by Gasteiger charge is -2.24. The van der Waals surface area contributed by atoms with Gasteiger partial charge in [-0.25, -0.2) is 0 Å². The number of hydrogen-bond donors (Lipinski definition) is 0. The Morgan fingerprint density at radius 1 is 0.968 bits per heavy atom. The molecule has 0 radical (unpaired) electrons. The summed E-state index contributed by atoms with van der Waals surface area (Å²) >= 11 is 0. The highest BCUT2D eigenvalue weighted by Gasteiger charge is 2.34. The van der Waals surface area contributed by atoms with Crippen molar-refractivity contribution in [1.82, 2.24) is 4.90 Å². The lowest BCUT2D eigenvalue weighted by atomic mass is 10.1. The minimum atomic E-state index is 0.00662. The summed E-state index contributed by atoms with van der Waals surface area (Å²) in [5.41, 5.74) is 4.03. The first kappa shape index (κ1) is 20.9. The molecule has 1 fully saturated rings. The fourth-order valence-electron chi connectivity index (χ4n) is 3.59. The van der Waals surface area contributed by atoms with E-state index in [2.05, 4.69) is 31.2 Å². The Labute approximate surface area is 183 Å². The summed E-state index contributed by atoms with van der Waals surface area (Å²) in [5, 5.41) is 0. The van der Waals surface area contributed by atoms with Gasteiger partial charge in [-0.1, -0.05) is 42.0 Å². The molecule has 0 saturated heterocycles. The molecule has 2 aromatic carbocycles. The van der Waals surface area contributed by atoms with Gasteiger partial charge in [0.25, 0.3) is 0 Å². The van der Waals surface area contributed by atoms with Crippen molar-refractivity contribution in [3.8, 4) is 0 Å². The zero-order valence-corrected chi connectivity index (χ0v) is 18.1. The third-order valence-corrected chi connectivity index (χ3v) is 5.63. The van der Waals surface area contributed by atoms with E-state index in [-0.39, 0.29) is 24.2 Å². The molecule has 160 valence electrons. The minimum absolute atomic E-state index is 0.00662. The number of likely N-dealkylation sites (N-methyl/N-ethyl adjacent to an activating group) is 1. The molecule has 1 aliphatic carbocycles. The molecule has 0 unspecified atom stereocenters. The molecular formula is C26H28N2O3. The Morgan fingerprint density at radius 3 is 2.42 bits per heavy atom. The third-order valence-electron chi connectivity index (χ3n) is 5.63. The summed E-state index contributed by atoms with van der Waals surface area (Å²) < 4.78 is 5.34. The number of hydrogen-bond acceptors (Lipinski definition) is 3. The molecule has 1 saturated carbocycles. The van der Waals surface area contributed by atoms with Gasteiger partial charge >= 0.3 is 0 Å². The maximum Gasteiger partial charge on any atom is 0.230 e. The van der Waals surface area contributed by atoms with Gasteiger partial charge in [0.15, 0.2) is 0 Å². The van der Waals surface area contributed by atoms with E-state index in [1.54, 1.807) is 18.2 Å². The molecule has 0 atom stereocenters. The van der Waals surface area contributed by atoms with Gasteiger partial charge in [-0.05, 0) is 55.2 Å². The molecule has 3 aromatic rings. The maximum absolute atomic E-state index is 13.0. The van der Waals surface area contributed by atoms with Crippen molar-refractivity contribution in [3.05, 3.63) is 89.4 Å². The third kappa shape index (κ3) is 5.43. The molecule has 1 aliphatic rings. The van der Waals surface area contributed by atoms with Crippen LogP contribution in [-0.4, -0.2) is 23.8 Å². The zero-order chi connectivity index (χ0) is 21.8. The molecular weight excluding hydrogens is 388 g/mol. The molecule has 0 aliphatic heterocycles. The van der Waals surface area contributed by atoms with E-state index in [4.69, 9.17) is 4.42 Å². The zero-order valence-electron chi connectivity index (χ0n) is 18.1. The summed E-state index contributed by atoms with van der Waals surface area (Å²) in [7, 11) is 1.77. The van der Waals surface area contributed by atoms with Crippen LogP contribution < -0.4 is 4.90 Å². The quantitative estimate of drug-likeness (QED) is 0.533. The summed E-state index contributed by atoms with van der Waals surface area (Å²) in [4.78, 5) is 29.3. The number of furan rings is 1. The van der Waals surface area contributed by atoms with Crippen LogP contribution in [-0.2, 0) is 29.1 Å². The van der Waals surface area contributed by atoms with Gasteiger partial charge in [-0.3, -0.25) is 9.59 Å². The highest BCUT2D eigenvalue weighted by atomic mass is 16.3. The summed E-state index contributed by atoms with van der Waals surface area (Å²) in [6, 6.07) is 19.7. The predicted molar refractivity (Wildman–Crippen MR) is 120 cm³/mol. The molecule has 0 spiro atoms. The topological polar surface area (TPSA) is 53.8 Å². The van der Waals surface area contributed by atoms with E-state index in [1.165, 1.54) is 5.56 Å². The smallest absolute Gasteiger partial charge is 0.230 e. The van der Waals surface area contributed by atoms with Gasteiger partial charge in [-0.2, -0.15) is 0 Å². The maximum atomic E-state index is 13.0. The van der Waals surface area contributed by atoms with E-state index in [0.29, 0.717) is 13.1 Å². The molecule has 0 N–H and O–H groups in total. The number of amides is 2. The molecule has 4 rings (SSSR count). The Kier molecular flexibility index (Phi) is 6.21. The summed E-state index contributed by atoms with van der Waals surface area (Å²) in [6.45, 7) is 3.02. The van der Waals surface area contributed by atoms with E-state index in [1.807, 2.05) is 41.3 Å². The number of benzene rings is 2. The van der Waals surface area contributed by atoms with Crippen molar-refractivity contribution in [2.45, 2.75) is 39.3 Å². The van der Waals surface area contributed by atoms with Crippen LogP contribution in [0.5, 0.6) is 0 Å². The minimum Gasteiger partial charge on any atom is -0.467 e. The molecule has 1 heterocycles. The Bertz CT molecular complexity index is 1040. The number of anilines is 1. The lowest BCUT2D eigenvalue weighted by molar-refractivity contribution is -0.129. The van der Waals surface area contributed by atoms with Crippen molar-refractivity contribution < 1.29 is 14.0 Å². The van der Waals surface area contributed by atoms with Crippen molar-refractivity contribution >= 4 is 17.5 Å². The van der Waals surface area contributed by atoms with Crippen molar-refractivity contribution in [2.24, 2.45) is 5.92 Å². The fourth-order valence-corrected chi connectivity index (χ4v) is 3.59. The van der Waals surface area contributed by atoms with Crippen LogP contribution in [0.15, 0.2) is 71.3 Å². The van der Waals surface area contributed by atoms with Crippen LogP contribution in [0.1, 0.15) is 35.3 Å². The molecule has 31 heavy (non-hydrogen) atoms. The number of carbonyl (C=O) groups excluding carboxylic acids is 2. The molecule has 5 heteroatoms. The average molecular weight is 417 g/mol. The van der Waals surface area contributed by atoms with E-state index < -0.39 is 0 Å². The van der Waals surface area contributed by atoms with Crippen LogP contribution in [0.25, 0.3) is 0 Å². The fraction of sp³-hybridized carbons (Fsp3) is 0.308. The predicted octanol–water partition coefficient (Wildman–Crippen LogP) is 4.73. The van der Waals surface area contributed by atoms with Crippen molar-refractivity contribution in [2.75, 3.05) is 11.9 Å². The molecule has 2 amide bonds. The number of carbonyl (C=O) groups is 2.